The van der Waals surface area contributed by atoms with E-state index in [2.05, 4.69) is 15.1 Å². The SMILES string of the molecule is NCc1ncn(Cc2cn3ccccc3n2)n1. The Kier molecular flexibility index (Phi) is 2.34. The Morgan fingerprint density at radius 3 is 3.00 bits per heavy atom. The molecule has 17 heavy (non-hydrogen) atoms. The fourth-order valence-corrected chi connectivity index (χ4v) is 1.73. The first kappa shape index (κ1) is 9.98. The van der Waals surface area contributed by atoms with Gasteiger partial charge in [0.1, 0.15) is 12.0 Å². The van der Waals surface area contributed by atoms with Crippen LogP contribution in [-0.2, 0) is 13.1 Å². The summed E-state index contributed by atoms with van der Waals surface area (Å²) in [5.74, 6) is 0.647. The summed E-state index contributed by atoms with van der Waals surface area (Å²) in [5, 5.41) is 4.23. The predicted molar refractivity (Wildman–Crippen MR) is 62.2 cm³/mol. The van der Waals surface area contributed by atoms with Crippen LogP contribution in [0.3, 0.4) is 0 Å². The minimum atomic E-state index is 0.359. The van der Waals surface area contributed by atoms with Crippen LogP contribution < -0.4 is 5.73 Å². The van der Waals surface area contributed by atoms with E-state index in [1.165, 1.54) is 0 Å². The Bertz CT molecular complexity index is 605. The molecule has 3 rings (SSSR count). The normalized spacial score (nSPS) is 11.1. The minimum Gasteiger partial charge on any atom is -0.324 e. The van der Waals surface area contributed by atoms with Crippen LogP contribution >= 0.6 is 0 Å². The zero-order chi connectivity index (χ0) is 11.7. The number of nitrogens with two attached hydrogens (primary N) is 1. The molecule has 0 aliphatic carbocycles. The lowest BCUT2D eigenvalue weighted by atomic mass is 10.5. The highest BCUT2D eigenvalue weighted by Crippen LogP contribution is 2.05. The van der Waals surface area contributed by atoms with Gasteiger partial charge in [-0.1, -0.05) is 6.07 Å². The molecule has 0 radical (unpaired) electrons. The van der Waals surface area contributed by atoms with Crippen LogP contribution in [0.15, 0.2) is 36.9 Å². The molecular formula is C11H12N6. The molecule has 0 atom stereocenters. The van der Waals surface area contributed by atoms with Crippen molar-refractivity contribution in [1.29, 1.82) is 0 Å². The average molecular weight is 228 g/mol. The predicted octanol–water partition coefficient (Wildman–Crippen LogP) is 0.433. The van der Waals surface area contributed by atoms with E-state index < -0.39 is 0 Å². The van der Waals surface area contributed by atoms with Crippen molar-refractivity contribution < 1.29 is 0 Å². The summed E-state index contributed by atoms with van der Waals surface area (Å²) < 4.78 is 3.72. The van der Waals surface area contributed by atoms with Crippen LogP contribution in [0.25, 0.3) is 5.65 Å². The number of pyridine rings is 1. The lowest BCUT2D eigenvalue weighted by Gasteiger charge is -1.94. The maximum atomic E-state index is 5.46. The molecule has 6 nitrogen and oxygen atoms in total. The van der Waals surface area contributed by atoms with Crippen molar-refractivity contribution >= 4 is 5.65 Å². The summed E-state index contributed by atoms with van der Waals surface area (Å²) in [4.78, 5) is 8.56. The molecule has 0 saturated heterocycles. The van der Waals surface area contributed by atoms with Crippen LogP contribution in [0.1, 0.15) is 11.5 Å². The van der Waals surface area contributed by atoms with Crippen LogP contribution in [0.4, 0.5) is 0 Å². The molecule has 0 amide bonds. The summed E-state index contributed by atoms with van der Waals surface area (Å²) >= 11 is 0. The van der Waals surface area contributed by atoms with Crippen molar-refractivity contribution in [3.63, 3.8) is 0 Å². The van der Waals surface area contributed by atoms with Crippen molar-refractivity contribution in [3.8, 4) is 0 Å². The quantitative estimate of drug-likeness (QED) is 0.705. The molecule has 0 saturated carbocycles. The minimum absolute atomic E-state index is 0.359. The summed E-state index contributed by atoms with van der Waals surface area (Å²) in [5.41, 5.74) is 7.34. The highest BCUT2D eigenvalue weighted by Gasteiger charge is 2.03. The number of rotatable bonds is 3. The van der Waals surface area contributed by atoms with E-state index in [0.29, 0.717) is 18.9 Å². The van der Waals surface area contributed by atoms with Crippen LogP contribution in [0, 0.1) is 0 Å². The zero-order valence-electron chi connectivity index (χ0n) is 9.19. The van der Waals surface area contributed by atoms with Gasteiger partial charge >= 0.3 is 0 Å². The molecule has 3 aromatic rings. The molecule has 0 aliphatic heterocycles. The van der Waals surface area contributed by atoms with Gasteiger partial charge in [0.2, 0.25) is 0 Å². The van der Waals surface area contributed by atoms with Crippen molar-refractivity contribution in [1.82, 2.24) is 24.1 Å². The monoisotopic (exact) mass is 228 g/mol. The molecule has 0 unspecified atom stereocenters. The summed E-state index contributed by atoms with van der Waals surface area (Å²) in [6.07, 6.45) is 5.63. The largest absolute Gasteiger partial charge is 0.324 e. The molecule has 3 heterocycles. The van der Waals surface area contributed by atoms with E-state index >= 15 is 0 Å². The summed E-state index contributed by atoms with van der Waals surface area (Å²) in [6, 6.07) is 5.91. The second kappa shape index (κ2) is 3.99. The number of nitrogens with zero attached hydrogens (tertiary/aromatic N) is 5. The lowest BCUT2D eigenvalue weighted by Crippen LogP contribution is -2.03. The third-order valence-corrected chi connectivity index (χ3v) is 2.50. The fourth-order valence-electron chi connectivity index (χ4n) is 1.73. The van der Waals surface area contributed by atoms with Crippen molar-refractivity contribution in [2.75, 3.05) is 0 Å². The maximum Gasteiger partial charge on any atom is 0.164 e. The lowest BCUT2D eigenvalue weighted by molar-refractivity contribution is 0.662. The molecule has 86 valence electrons. The van der Waals surface area contributed by atoms with Crippen molar-refractivity contribution in [2.24, 2.45) is 5.73 Å². The highest BCUT2D eigenvalue weighted by atomic mass is 15.3. The van der Waals surface area contributed by atoms with E-state index in [4.69, 9.17) is 5.73 Å². The third kappa shape index (κ3) is 1.90. The van der Waals surface area contributed by atoms with Gasteiger partial charge in [0, 0.05) is 12.4 Å². The van der Waals surface area contributed by atoms with Crippen LogP contribution in [0.2, 0.25) is 0 Å². The first-order chi connectivity index (χ1) is 8.35. The Morgan fingerprint density at radius 2 is 2.24 bits per heavy atom. The molecule has 0 bridgehead atoms. The van der Waals surface area contributed by atoms with Gasteiger partial charge in [-0.05, 0) is 12.1 Å². The number of aromatic nitrogens is 5. The molecule has 0 aliphatic rings. The van der Waals surface area contributed by atoms with Gasteiger partial charge in [0.25, 0.3) is 0 Å². The first-order valence-corrected chi connectivity index (χ1v) is 5.36. The van der Waals surface area contributed by atoms with Crippen molar-refractivity contribution in [2.45, 2.75) is 13.1 Å². The number of hydrogen-bond donors (Lipinski definition) is 1. The molecular weight excluding hydrogens is 216 g/mol. The Hall–Kier alpha value is -2.21. The Balaban J connectivity index is 1.89. The maximum absolute atomic E-state index is 5.46. The second-order valence-corrected chi connectivity index (χ2v) is 3.76. The van der Waals surface area contributed by atoms with E-state index in [-0.39, 0.29) is 0 Å². The van der Waals surface area contributed by atoms with Crippen molar-refractivity contribution in [3.05, 3.63) is 48.4 Å². The summed E-state index contributed by atoms with van der Waals surface area (Å²) in [6.45, 7) is 0.965. The van der Waals surface area contributed by atoms with Crippen LogP contribution in [0.5, 0.6) is 0 Å². The molecule has 0 spiro atoms. The molecule has 0 aromatic carbocycles. The average Bonchev–Trinajstić information content (AvgIpc) is 2.94. The Morgan fingerprint density at radius 1 is 1.29 bits per heavy atom. The van der Waals surface area contributed by atoms with Gasteiger partial charge in [-0.3, -0.25) is 0 Å². The standard InChI is InChI=1S/C11H12N6/c12-5-10-13-8-17(15-10)7-9-6-16-4-2-1-3-11(16)14-9/h1-4,6,8H,5,7,12H2. The van der Waals surface area contributed by atoms with E-state index in [0.717, 1.165) is 11.3 Å². The highest BCUT2D eigenvalue weighted by molar-refractivity contribution is 5.39. The van der Waals surface area contributed by atoms with Gasteiger partial charge in [-0.2, -0.15) is 5.10 Å². The third-order valence-electron chi connectivity index (χ3n) is 2.50. The first-order valence-electron chi connectivity index (χ1n) is 5.36. The van der Waals surface area contributed by atoms with E-state index in [1.54, 1.807) is 11.0 Å². The Labute approximate surface area is 97.7 Å². The molecule has 2 N–H and O–H groups in total. The molecule has 3 aromatic heterocycles. The van der Waals surface area contributed by atoms with Gasteiger partial charge in [0.05, 0.1) is 18.8 Å². The van der Waals surface area contributed by atoms with Gasteiger partial charge in [-0.25, -0.2) is 14.6 Å². The number of imidazole rings is 1. The zero-order valence-corrected chi connectivity index (χ0v) is 9.19. The van der Waals surface area contributed by atoms with Gasteiger partial charge in [-0.15, -0.1) is 0 Å². The van der Waals surface area contributed by atoms with Crippen LogP contribution in [-0.4, -0.2) is 24.1 Å². The van der Waals surface area contributed by atoms with E-state index in [9.17, 15) is 0 Å². The van der Waals surface area contributed by atoms with Gasteiger partial charge in [0.15, 0.2) is 5.82 Å². The number of fused-ring (bicyclic) bond motifs is 1. The molecule has 6 heteroatoms. The second-order valence-electron chi connectivity index (χ2n) is 3.76. The van der Waals surface area contributed by atoms with E-state index in [1.807, 2.05) is 35.0 Å². The fraction of sp³-hybridized carbons (Fsp3) is 0.182. The molecule has 0 fully saturated rings. The summed E-state index contributed by atoms with van der Waals surface area (Å²) in [7, 11) is 0. The smallest absolute Gasteiger partial charge is 0.164 e. The number of hydrogen-bond acceptors (Lipinski definition) is 4. The topological polar surface area (TPSA) is 74.0 Å². The van der Waals surface area contributed by atoms with Gasteiger partial charge < -0.3 is 10.1 Å².